The van der Waals surface area contributed by atoms with Gasteiger partial charge in [0.05, 0.1) is 10.5 Å². The summed E-state index contributed by atoms with van der Waals surface area (Å²) in [5.74, 6) is -1.16. The molecule has 9 heteroatoms. The van der Waals surface area contributed by atoms with Crippen molar-refractivity contribution in [1.29, 1.82) is 0 Å². The van der Waals surface area contributed by atoms with Crippen LogP contribution in [0.2, 0.25) is 0 Å². The van der Waals surface area contributed by atoms with Crippen LogP contribution >= 0.6 is 11.8 Å². The number of anilines is 1. The molecule has 2 aromatic rings. The predicted molar refractivity (Wildman–Crippen MR) is 104 cm³/mol. The molecule has 0 bridgehead atoms. The van der Waals surface area contributed by atoms with Crippen LogP contribution in [0.1, 0.15) is 10.4 Å². The van der Waals surface area contributed by atoms with Crippen LogP contribution < -0.4 is 5.32 Å². The molecule has 0 aromatic heterocycles. The Morgan fingerprint density at radius 1 is 1.11 bits per heavy atom. The first kappa shape index (κ1) is 20.9. The number of nitrogens with zero attached hydrogens (tertiary/aromatic N) is 1. The maximum atomic E-state index is 12.1. The van der Waals surface area contributed by atoms with E-state index in [4.69, 9.17) is 4.74 Å². The third-order valence-electron chi connectivity index (χ3n) is 3.56. The summed E-state index contributed by atoms with van der Waals surface area (Å²) in [7, 11) is -0.764. The average molecular weight is 409 g/mol. The fourth-order valence-electron chi connectivity index (χ4n) is 2.16. The van der Waals surface area contributed by atoms with E-state index in [1.54, 1.807) is 24.3 Å². The highest BCUT2D eigenvalue weighted by Gasteiger charge is 2.18. The van der Waals surface area contributed by atoms with Crippen molar-refractivity contribution in [3.05, 3.63) is 54.1 Å². The van der Waals surface area contributed by atoms with Gasteiger partial charge in [-0.2, -0.15) is 0 Å². The van der Waals surface area contributed by atoms with Crippen molar-refractivity contribution in [2.24, 2.45) is 0 Å². The van der Waals surface area contributed by atoms with Crippen LogP contribution in [0.3, 0.4) is 0 Å². The smallest absolute Gasteiger partial charge is 0.339 e. The second-order valence-corrected chi connectivity index (χ2v) is 8.64. The van der Waals surface area contributed by atoms with Crippen LogP contribution in [-0.4, -0.2) is 51.6 Å². The first-order chi connectivity index (χ1) is 12.8. The highest BCUT2D eigenvalue weighted by atomic mass is 32.2. The number of benzene rings is 2. The van der Waals surface area contributed by atoms with E-state index in [1.807, 2.05) is 12.3 Å². The van der Waals surface area contributed by atoms with E-state index >= 15 is 0 Å². The number of ether oxygens (including phenoxy) is 1. The molecule has 7 nitrogen and oxygen atoms in total. The number of carbonyl (C=O) groups excluding carboxylic acids is 2. The fourth-order valence-corrected chi connectivity index (χ4v) is 3.70. The first-order valence-electron chi connectivity index (χ1n) is 7.88. The molecule has 0 aliphatic heterocycles. The van der Waals surface area contributed by atoms with Crippen molar-refractivity contribution in [3.63, 3.8) is 0 Å². The van der Waals surface area contributed by atoms with Gasteiger partial charge in [0.1, 0.15) is 0 Å². The third kappa shape index (κ3) is 5.31. The Bertz CT molecular complexity index is 942. The highest BCUT2D eigenvalue weighted by Crippen LogP contribution is 2.21. The SMILES string of the molecule is CSc1ccccc1C(=O)OCC(=O)Nc1cccc(S(=O)(=O)N(C)C)c1. The number of hydrogen-bond donors (Lipinski definition) is 1. The van der Waals surface area contributed by atoms with Crippen LogP contribution in [0.5, 0.6) is 0 Å². The fraction of sp³-hybridized carbons (Fsp3) is 0.222. The van der Waals surface area contributed by atoms with Gasteiger partial charge in [0, 0.05) is 24.7 Å². The van der Waals surface area contributed by atoms with Gasteiger partial charge < -0.3 is 10.1 Å². The largest absolute Gasteiger partial charge is 0.452 e. The lowest BCUT2D eigenvalue weighted by Gasteiger charge is -2.13. The zero-order valence-corrected chi connectivity index (χ0v) is 16.8. The molecule has 2 aromatic carbocycles. The van der Waals surface area contributed by atoms with Gasteiger partial charge in [0.25, 0.3) is 5.91 Å². The van der Waals surface area contributed by atoms with E-state index in [-0.39, 0.29) is 4.90 Å². The van der Waals surface area contributed by atoms with Gasteiger partial charge in [0.15, 0.2) is 6.61 Å². The van der Waals surface area contributed by atoms with E-state index < -0.39 is 28.5 Å². The van der Waals surface area contributed by atoms with E-state index in [9.17, 15) is 18.0 Å². The van der Waals surface area contributed by atoms with E-state index in [0.29, 0.717) is 11.3 Å². The lowest BCUT2D eigenvalue weighted by Crippen LogP contribution is -2.23. The number of nitrogens with one attached hydrogen (secondary N) is 1. The Hall–Kier alpha value is -2.36. The van der Waals surface area contributed by atoms with Crippen molar-refractivity contribution in [3.8, 4) is 0 Å². The normalized spacial score (nSPS) is 11.3. The Morgan fingerprint density at radius 3 is 2.48 bits per heavy atom. The average Bonchev–Trinajstić information content (AvgIpc) is 2.66. The summed E-state index contributed by atoms with van der Waals surface area (Å²) in [6.45, 7) is -0.480. The van der Waals surface area contributed by atoms with E-state index in [1.165, 1.54) is 44.1 Å². The second kappa shape index (κ2) is 9.03. The second-order valence-electron chi connectivity index (χ2n) is 5.64. The van der Waals surface area contributed by atoms with Gasteiger partial charge in [0.2, 0.25) is 10.0 Å². The lowest BCUT2D eigenvalue weighted by atomic mass is 10.2. The minimum Gasteiger partial charge on any atom is -0.452 e. The summed E-state index contributed by atoms with van der Waals surface area (Å²) >= 11 is 1.40. The monoisotopic (exact) mass is 408 g/mol. The van der Waals surface area contributed by atoms with Gasteiger partial charge in [-0.15, -0.1) is 11.8 Å². The number of thioether (sulfide) groups is 1. The maximum absolute atomic E-state index is 12.1. The van der Waals surface area contributed by atoms with Crippen molar-refractivity contribution < 1.29 is 22.7 Å². The molecule has 144 valence electrons. The summed E-state index contributed by atoms with van der Waals surface area (Å²) in [5, 5.41) is 2.52. The van der Waals surface area contributed by atoms with Gasteiger partial charge in [-0.1, -0.05) is 18.2 Å². The zero-order chi connectivity index (χ0) is 20.0. The molecule has 2 rings (SSSR count). The molecule has 0 spiro atoms. The van der Waals surface area contributed by atoms with Crippen molar-refractivity contribution in [2.75, 3.05) is 32.3 Å². The molecule has 0 atom stereocenters. The third-order valence-corrected chi connectivity index (χ3v) is 6.16. The predicted octanol–water partition coefficient (Wildman–Crippen LogP) is 2.45. The maximum Gasteiger partial charge on any atom is 0.339 e. The number of amides is 1. The minimum atomic E-state index is -3.61. The molecule has 27 heavy (non-hydrogen) atoms. The minimum absolute atomic E-state index is 0.0520. The molecular formula is C18H20N2O5S2. The van der Waals surface area contributed by atoms with Crippen molar-refractivity contribution in [2.45, 2.75) is 9.79 Å². The summed E-state index contributed by atoms with van der Waals surface area (Å²) < 4.78 is 30.4. The quantitative estimate of drug-likeness (QED) is 0.559. The number of sulfonamides is 1. The van der Waals surface area contributed by atoms with Crippen molar-refractivity contribution in [1.82, 2.24) is 4.31 Å². The lowest BCUT2D eigenvalue weighted by molar-refractivity contribution is -0.119. The molecule has 0 heterocycles. The Kier molecular flexibility index (Phi) is 7.00. The van der Waals surface area contributed by atoms with Crippen LogP contribution in [0, 0.1) is 0 Å². The van der Waals surface area contributed by atoms with Gasteiger partial charge >= 0.3 is 5.97 Å². The van der Waals surface area contributed by atoms with Crippen molar-refractivity contribution >= 4 is 39.3 Å². The number of carbonyl (C=O) groups is 2. The van der Waals surface area contributed by atoms with E-state index in [0.717, 1.165) is 9.20 Å². The standard InChI is InChI=1S/C18H20N2O5S2/c1-20(2)27(23,24)14-8-6-7-13(11-14)19-17(21)12-25-18(22)15-9-4-5-10-16(15)26-3/h4-11H,12H2,1-3H3,(H,19,21). The summed E-state index contributed by atoms with van der Waals surface area (Å²) in [4.78, 5) is 25.0. The van der Waals surface area contributed by atoms with Crippen LogP contribution in [-0.2, 0) is 19.6 Å². The summed E-state index contributed by atoms with van der Waals surface area (Å²) in [6.07, 6.45) is 1.84. The molecule has 0 aliphatic carbocycles. The molecular weight excluding hydrogens is 388 g/mol. The molecule has 0 radical (unpaired) electrons. The molecule has 1 N–H and O–H groups in total. The Morgan fingerprint density at radius 2 is 1.81 bits per heavy atom. The van der Waals surface area contributed by atoms with Gasteiger partial charge in [-0.25, -0.2) is 17.5 Å². The molecule has 1 amide bonds. The summed E-state index contributed by atoms with van der Waals surface area (Å²) in [5.41, 5.74) is 0.681. The molecule has 0 fully saturated rings. The van der Waals surface area contributed by atoms with Crippen LogP contribution in [0.25, 0.3) is 0 Å². The number of hydrogen-bond acceptors (Lipinski definition) is 6. The molecule has 0 saturated heterocycles. The molecule has 0 unspecified atom stereocenters. The summed E-state index contributed by atoms with van der Waals surface area (Å²) in [6, 6.07) is 12.8. The number of esters is 1. The zero-order valence-electron chi connectivity index (χ0n) is 15.1. The first-order valence-corrected chi connectivity index (χ1v) is 10.5. The molecule has 0 saturated carbocycles. The van der Waals surface area contributed by atoms with Gasteiger partial charge in [-0.05, 0) is 36.6 Å². The Balaban J connectivity index is 2.01. The number of rotatable bonds is 7. The van der Waals surface area contributed by atoms with Crippen LogP contribution in [0.15, 0.2) is 58.3 Å². The molecule has 0 aliphatic rings. The van der Waals surface area contributed by atoms with Gasteiger partial charge in [-0.3, -0.25) is 4.79 Å². The van der Waals surface area contributed by atoms with E-state index in [2.05, 4.69) is 5.32 Å². The topological polar surface area (TPSA) is 92.8 Å². The highest BCUT2D eigenvalue weighted by molar-refractivity contribution is 7.98. The Labute approximate surface area is 162 Å². The van der Waals surface area contributed by atoms with Crippen LogP contribution in [0.4, 0.5) is 5.69 Å².